The molecule has 0 aromatic carbocycles. The van der Waals surface area contributed by atoms with Crippen molar-refractivity contribution in [3.05, 3.63) is 0 Å². The molecule has 0 aromatic heterocycles. The van der Waals surface area contributed by atoms with Crippen molar-refractivity contribution in [3.8, 4) is 0 Å². The second-order valence-electron chi connectivity index (χ2n) is 6.89. The van der Waals surface area contributed by atoms with Crippen molar-refractivity contribution in [2.75, 3.05) is 26.4 Å². The highest BCUT2D eigenvalue weighted by molar-refractivity contribution is 7.46. The van der Waals surface area contributed by atoms with Crippen molar-refractivity contribution in [1.82, 2.24) is 0 Å². The van der Waals surface area contributed by atoms with Gasteiger partial charge in [-0.2, -0.15) is 0 Å². The van der Waals surface area contributed by atoms with E-state index >= 15 is 0 Å². The molecular formula is C19H41O6P. The van der Waals surface area contributed by atoms with E-state index < -0.39 is 13.9 Å². The Bertz CT molecular complexity index is 334. The first-order valence-electron chi connectivity index (χ1n) is 10.4. The van der Waals surface area contributed by atoms with Crippen molar-refractivity contribution in [3.63, 3.8) is 0 Å². The second-order valence-corrected chi connectivity index (χ2v) is 8.13. The first-order valence-corrected chi connectivity index (χ1v) is 11.9. The van der Waals surface area contributed by atoms with Gasteiger partial charge in [-0.25, -0.2) is 4.57 Å². The molecule has 0 unspecified atom stereocenters. The van der Waals surface area contributed by atoms with Crippen LogP contribution in [0.3, 0.4) is 0 Å². The third kappa shape index (κ3) is 20.3. The molecule has 0 heterocycles. The van der Waals surface area contributed by atoms with Crippen molar-refractivity contribution in [2.45, 2.75) is 97.0 Å². The van der Waals surface area contributed by atoms with Gasteiger partial charge in [0.25, 0.3) is 0 Å². The van der Waals surface area contributed by atoms with Gasteiger partial charge >= 0.3 is 7.82 Å². The van der Waals surface area contributed by atoms with Crippen LogP contribution in [0.4, 0.5) is 0 Å². The summed E-state index contributed by atoms with van der Waals surface area (Å²) >= 11 is 0. The average Bonchev–Trinajstić information content (AvgIpc) is 2.59. The molecule has 0 amide bonds. The largest absolute Gasteiger partial charge is 0.469 e. The highest BCUT2D eigenvalue weighted by Gasteiger charge is 2.19. The van der Waals surface area contributed by atoms with Gasteiger partial charge < -0.3 is 19.3 Å². The molecule has 0 aliphatic rings. The molecule has 2 N–H and O–H groups in total. The van der Waals surface area contributed by atoms with Crippen LogP contribution in [-0.4, -0.2) is 42.3 Å². The Balaban J connectivity index is 3.83. The molecular weight excluding hydrogens is 355 g/mol. The van der Waals surface area contributed by atoms with Crippen LogP contribution >= 0.6 is 7.82 Å². The van der Waals surface area contributed by atoms with Crippen molar-refractivity contribution in [2.24, 2.45) is 0 Å². The summed E-state index contributed by atoms with van der Waals surface area (Å²) in [5, 5.41) is 0. The van der Waals surface area contributed by atoms with Gasteiger partial charge in [0.1, 0.15) is 6.10 Å². The predicted octanol–water partition coefficient (Wildman–Crippen LogP) is 5.22. The molecule has 0 spiro atoms. The van der Waals surface area contributed by atoms with Crippen molar-refractivity contribution >= 4 is 7.82 Å². The maximum absolute atomic E-state index is 10.9. The van der Waals surface area contributed by atoms with Crippen LogP contribution in [0.2, 0.25) is 0 Å². The minimum absolute atomic E-state index is 0.142. The lowest BCUT2D eigenvalue weighted by Crippen LogP contribution is -2.26. The molecule has 7 heteroatoms. The second kappa shape index (κ2) is 18.4. The molecule has 0 aromatic rings. The predicted molar refractivity (Wildman–Crippen MR) is 105 cm³/mol. The Labute approximate surface area is 160 Å². The summed E-state index contributed by atoms with van der Waals surface area (Å²) in [4.78, 5) is 17.7. The summed E-state index contributed by atoms with van der Waals surface area (Å²) in [6.45, 7) is 5.79. The van der Waals surface area contributed by atoms with E-state index in [0.29, 0.717) is 19.8 Å². The summed E-state index contributed by atoms with van der Waals surface area (Å²) in [7, 11) is -4.47. The number of hydrogen-bond acceptors (Lipinski definition) is 4. The zero-order chi connectivity index (χ0) is 19.5. The van der Waals surface area contributed by atoms with E-state index in [1.165, 1.54) is 51.4 Å². The molecule has 0 rings (SSSR count). The summed E-state index contributed by atoms with van der Waals surface area (Å²) in [6, 6.07) is 0. The topological polar surface area (TPSA) is 85.2 Å². The van der Waals surface area contributed by atoms with Crippen molar-refractivity contribution in [1.29, 1.82) is 0 Å². The minimum Gasteiger partial charge on any atom is -0.379 e. The normalized spacial score (nSPS) is 13.2. The Morgan fingerprint density at radius 2 is 1.23 bits per heavy atom. The number of ether oxygens (including phenoxy) is 2. The zero-order valence-corrected chi connectivity index (χ0v) is 17.8. The quantitative estimate of drug-likeness (QED) is 0.217. The third-order valence-corrected chi connectivity index (χ3v) is 4.71. The van der Waals surface area contributed by atoms with E-state index in [0.717, 1.165) is 25.7 Å². The van der Waals surface area contributed by atoms with Gasteiger partial charge in [0.05, 0.1) is 13.2 Å². The van der Waals surface area contributed by atoms with E-state index in [2.05, 4.69) is 18.4 Å². The van der Waals surface area contributed by atoms with Crippen LogP contribution < -0.4 is 0 Å². The Hall–Kier alpha value is 0.0300. The van der Waals surface area contributed by atoms with E-state index in [1.54, 1.807) is 0 Å². The lowest BCUT2D eigenvalue weighted by Gasteiger charge is -2.18. The van der Waals surface area contributed by atoms with Crippen molar-refractivity contribution < 1.29 is 28.3 Å². The lowest BCUT2D eigenvalue weighted by molar-refractivity contribution is -0.0429. The van der Waals surface area contributed by atoms with E-state index in [4.69, 9.17) is 19.3 Å². The minimum atomic E-state index is -4.47. The number of phosphoric acid groups is 1. The summed E-state index contributed by atoms with van der Waals surface area (Å²) in [5.41, 5.74) is 0. The fourth-order valence-corrected chi connectivity index (χ4v) is 3.02. The van der Waals surface area contributed by atoms with Gasteiger partial charge in [0.2, 0.25) is 0 Å². The highest BCUT2D eigenvalue weighted by atomic mass is 31.2. The Morgan fingerprint density at radius 1 is 0.731 bits per heavy atom. The molecule has 0 saturated carbocycles. The molecule has 6 nitrogen and oxygen atoms in total. The van der Waals surface area contributed by atoms with E-state index in [9.17, 15) is 4.57 Å². The molecule has 26 heavy (non-hydrogen) atoms. The first-order chi connectivity index (χ1) is 12.5. The molecule has 0 aliphatic heterocycles. The lowest BCUT2D eigenvalue weighted by atomic mass is 10.1. The van der Waals surface area contributed by atoms with Gasteiger partial charge in [-0.15, -0.1) is 0 Å². The van der Waals surface area contributed by atoms with Crippen LogP contribution in [0.5, 0.6) is 0 Å². The van der Waals surface area contributed by atoms with Gasteiger partial charge in [0.15, 0.2) is 0 Å². The number of unbranched alkanes of at least 4 members (excludes halogenated alkanes) is 10. The SMILES string of the molecule is CCCCCCCCOC[C@H](COP(=O)(O)O)OCCCCCCCC. The van der Waals surface area contributed by atoms with E-state index in [1.807, 2.05) is 0 Å². The molecule has 0 bridgehead atoms. The molecule has 0 saturated heterocycles. The van der Waals surface area contributed by atoms with Crippen LogP contribution in [0.15, 0.2) is 0 Å². The Morgan fingerprint density at radius 3 is 1.77 bits per heavy atom. The maximum Gasteiger partial charge on any atom is 0.469 e. The third-order valence-electron chi connectivity index (χ3n) is 4.23. The molecule has 0 aliphatic carbocycles. The first kappa shape index (κ1) is 26.0. The van der Waals surface area contributed by atoms with Gasteiger partial charge in [0, 0.05) is 13.2 Å². The van der Waals surface area contributed by atoms with Gasteiger partial charge in [-0.1, -0.05) is 78.1 Å². The van der Waals surface area contributed by atoms with Gasteiger partial charge in [-0.3, -0.25) is 4.52 Å². The fraction of sp³-hybridized carbons (Fsp3) is 1.00. The molecule has 1 atom stereocenters. The van der Waals surface area contributed by atoms with Crippen LogP contribution in [0, 0.1) is 0 Å². The maximum atomic E-state index is 10.9. The smallest absolute Gasteiger partial charge is 0.379 e. The summed E-state index contributed by atoms with van der Waals surface area (Å²) in [5.74, 6) is 0. The standard InChI is InChI=1S/C19H41O6P/c1-3-5-7-9-11-13-15-23-17-19(18-25-26(20,21)22)24-16-14-12-10-8-6-4-2/h19H,3-18H2,1-2H3,(H2,20,21,22)/t19-/m1/s1. The monoisotopic (exact) mass is 396 g/mol. The molecule has 0 fully saturated rings. The average molecular weight is 397 g/mol. The highest BCUT2D eigenvalue weighted by Crippen LogP contribution is 2.35. The summed E-state index contributed by atoms with van der Waals surface area (Å²) in [6.07, 6.45) is 13.8. The van der Waals surface area contributed by atoms with Crippen LogP contribution in [0.1, 0.15) is 90.9 Å². The van der Waals surface area contributed by atoms with Gasteiger partial charge in [-0.05, 0) is 12.8 Å². The Kier molecular flexibility index (Phi) is 18.4. The zero-order valence-electron chi connectivity index (χ0n) is 16.9. The van der Waals surface area contributed by atoms with E-state index in [-0.39, 0.29) is 6.61 Å². The molecule has 0 radical (unpaired) electrons. The molecule has 158 valence electrons. The van der Waals surface area contributed by atoms with Crippen LogP contribution in [0.25, 0.3) is 0 Å². The summed E-state index contributed by atoms with van der Waals surface area (Å²) < 4.78 is 26.8. The number of phosphoric ester groups is 1. The fourth-order valence-electron chi connectivity index (χ4n) is 2.66. The van der Waals surface area contributed by atoms with Crippen LogP contribution in [-0.2, 0) is 18.6 Å². The number of rotatable bonds is 20. The number of hydrogen-bond donors (Lipinski definition) is 2.